The van der Waals surface area contributed by atoms with Crippen LogP contribution in [0.1, 0.15) is 20.8 Å². The number of benzene rings is 1. The monoisotopic (exact) mass is 393 g/mol. The van der Waals surface area contributed by atoms with Crippen molar-refractivity contribution in [1.82, 2.24) is 9.21 Å². The van der Waals surface area contributed by atoms with Crippen LogP contribution < -0.4 is 4.72 Å². The van der Waals surface area contributed by atoms with Gasteiger partial charge < -0.3 is 9.64 Å². The van der Waals surface area contributed by atoms with Crippen molar-refractivity contribution < 1.29 is 22.3 Å². The second kappa shape index (κ2) is 7.35. The topological polar surface area (TPSA) is 79.0 Å². The number of hydrogen-bond donors (Lipinski definition) is 1. The molecule has 10 heteroatoms. The third kappa shape index (κ3) is 5.45. The summed E-state index contributed by atoms with van der Waals surface area (Å²) in [6.07, 6.45) is -0.470. The summed E-state index contributed by atoms with van der Waals surface area (Å²) in [5, 5.41) is -0.171. The van der Waals surface area contributed by atoms with Gasteiger partial charge in [0.25, 0.3) is 0 Å². The van der Waals surface area contributed by atoms with Gasteiger partial charge >= 0.3 is 16.3 Å². The molecule has 1 aromatic rings. The van der Waals surface area contributed by atoms with Crippen molar-refractivity contribution in [3.05, 3.63) is 29.0 Å². The Bertz CT molecular complexity index is 744. The van der Waals surface area contributed by atoms with Crippen LogP contribution in [0, 0.1) is 5.82 Å². The third-order valence-electron chi connectivity index (χ3n) is 3.40. The van der Waals surface area contributed by atoms with E-state index in [1.807, 2.05) is 0 Å². The van der Waals surface area contributed by atoms with Crippen LogP contribution in [0.4, 0.5) is 14.9 Å². The Labute approximate surface area is 151 Å². The molecule has 0 saturated carbocycles. The summed E-state index contributed by atoms with van der Waals surface area (Å²) >= 11 is 5.65. The zero-order valence-corrected chi connectivity index (χ0v) is 15.8. The highest BCUT2D eigenvalue weighted by Gasteiger charge is 2.31. The summed E-state index contributed by atoms with van der Waals surface area (Å²) in [6, 6.07) is 3.57. The number of amides is 1. The van der Waals surface area contributed by atoms with Crippen molar-refractivity contribution in [2.24, 2.45) is 0 Å². The Kier molecular flexibility index (Phi) is 5.80. The van der Waals surface area contributed by atoms with Crippen molar-refractivity contribution in [2.45, 2.75) is 26.4 Å². The van der Waals surface area contributed by atoms with Crippen LogP contribution >= 0.6 is 11.6 Å². The number of carbonyl (C=O) groups excluding carboxylic acids is 1. The average Bonchev–Trinajstić information content (AvgIpc) is 2.49. The highest BCUT2D eigenvalue weighted by atomic mass is 35.5. The molecule has 1 amide bonds. The molecule has 25 heavy (non-hydrogen) atoms. The van der Waals surface area contributed by atoms with Crippen LogP contribution in [0.5, 0.6) is 0 Å². The fourth-order valence-electron chi connectivity index (χ4n) is 2.21. The molecule has 0 aliphatic carbocycles. The van der Waals surface area contributed by atoms with Crippen molar-refractivity contribution in [2.75, 3.05) is 30.9 Å². The van der Waals surface area contributed by atoms with Gasteiger partial charge in [-0.25, -0.2) is 9.18 Å². The van der Waals surface area contributed by atoms with Gasteiger partial charge in [0, 0.05) is 26.2 Å². The lowest BCUT2D eigenvalue weighted by Gasteiger charge is -2.34. The van der Waals surface area contributed by atoms with Gasteiger partial charge in [0.05, 0.1) is 10.7 Å². The maximum absolute atomic E-state index is 13.2. The van der Waals surface area contributed by atoms with Gasteiger partial charge in [-0.15, -0.1) is 0 Å². The summed E-state index contributed by atoms with van der Waals surface area (Å²) in [7, 11) is -3.83. The van der Waals surface area contributed by atoms with E-state index in [0.717, 1.165) is 6.07 Å². The predicted octanol–water partition coefficient (Wildman–Crippen LogP) is 2.69. The first kappa shape index (κ1) is 19.7. The Hall–Kier alpha value is -1.58. The van der Waals surface area contributed by atoms with E-state index in [1.54, 1.807) is 20.8 Å². The van der Waals surface area contributed by atoms with E-state index in [2.05, 4.69) is 4.72 Å². The fraction of sp³-hybridized carbons (Fsp3) is 0.533. The molecular weight excluding hydrogens is 373 g/mol. The lowest BCUT2D eigenvalue weighted by Crippen LogP contribution is -2.52. The molecule has 0 bridgehead atoms. The molecule has 0 atom stereocenters. The summed E-state index contributed by atoms with van der Waals surface area (Å²) < 4.78 is 46.8. The van der Waals surface area contributed by atoms with Crippen LogP contribution in [-0.2, 0) is 14.9 Å². The molecule has 0 radical (unpaired) electrons. The smallest absolute Gasteiger partial charge is 0.410 e. The maximum Gasteiger partial charge on any atom is 0.410 e. The highest BCUT2D eigenvalue weighted by Crippen LogP contribution is 2.21. The summed E-state index contributed by atoms with van der Waals surface area (Å²) in [5.41, 5.74) is -0.440. The van der Waals surface area contributed by atoms with Gasteiger partial charge in [-0.05, 0) is 39.0 Å². The molecule has 1 fully saturated rings. The largest absolute Gasteiger partial charge is 0.444 e. The third-order valence-corrected chi connectivity index (χ3v) is 5.22. The second-order valence-electron chi connectivity index (χ2n) is 6.60. The predicted molar refractivity (Wildman–Crippen MR) is 93.3 cm³/mol. The number of anilines is 1. The number of halogens is 2. The molecule has 1 heterocycles. The van der Waals surface area contributed by atoms with Crippen LogP contribution in [0.15, 0.2) is 18.2 Å². The van der Waals surface area contributed by atoms with E-state index < -0.39 is 27.7 Å². The van der Waals surface area contributed by atoms with E-state index in [9.17, 15) is 17.6 Å². The number of rotatable bonds is 3. The maximum atomic E-state index is 13.2. The Morgan fingerprint density at radius 1 is 1.24 bits per heavy atom. The van der Waals surface area contributed by atoms with Crippen LogP contribution in [0.3, 0.4) is 0 Å². The van der Waals surface area contributed by atoms with E-state index in [4.69, 9.17) is 16.3 Å². The second-order valence-corrected chi connectivity index (χ2v) is 8.68. The van der Waals surface area contributed by atoms with Gasteiger partial charge in [0.15, 0.2) is 0 Å². The van der Waals surface area contributed by atoms with Crippen LogP contribution in [0.25, 0.3) is 0 Å². The quantitative estimate of drug-likeness (QED) is 0.856. The minimum absolute atomic E-state index is 0.128. The summed E-state index contributed by atoms with van der Waals surface area (Å²) in [5.74, 6) is -0.629. The number of hydrogen-bond acceptors (Lipinski definition) is 4. The molecule has 1 aliphatic rings. The first-order chi connectivity index (χ1) is 11.5. The Morgan fingerprint density at radius 2 is 1.84 bits per heavy atom. The molecule has 1 saturated heterocycles. The van der Waals surface area contributed by atoms with Gasteiger partial charge in [0.2, 0.25) is 0 Å². The molecule has 0 aromatic heterocycles. The Balaban J connectivity index is 1.96. The molecule has 7 nitrogen and oxygen atoms in total. The van der Waals surface area contributed by atoms with Crippen LogP contribution in [0.2, 0.25) is 5.02 Å². The first-order valence-corrected chi connectivity index (χ1v) is 9.50. The minimum Gasteiger partial charge on any atom is -0.444 e. The Morgan fingerprint density at radius 3 is 2.36 bits per heavy atom. The summed E-state index contributed by atoms with van der Waals surface area (Å²) in [4.78, 5) is 13.5. The van der Waals surface area contributed by atoms with E-state index in [1.165, 1.54) is 21.3 Å². The number of ether oxygens (including phenoxy) is 1. The van der Waals surface area contributed by atoms with Gasteiger partial charge in [-0.1, -0.05) is 11.6 Å². The SMILES string of the molecule is CC(C)(C)OC(=O)N1CCN(S(=O)(=O)Nc2ccc(F)c(Cl)c2)CC1. The van der Waals surface area contributed by atoms with E-state index >= 15 is 0 Å². The molecule has 1 N–H and O–H groups in total. The van der Waals surface area contributed by atoms with Crippen molar-refractivity contribution in [3.63, 3.8) is 0 Å². The zero-order chi connectivity index (χ0) is 18.8. The van der Waals surface area contributed by atoms with Crippen molar-refractivity contribution >= 4 is 33.6 Å². The lowest BCUT2D eigenvalue weighted by molar-refractivity contribution is 0.0193. The standard InChI is InChI=1S/C15H21ClFN3O4S/c1-15(2,3)24-14(21)19-6-8-20(9-7-19)25(22,23)18-11-4-5-13(17)12(16)10-11/h4-5,10,18H,6-9H2,1-3H3. The molecular formula is C15H21ClFN3O4S. The van der Waals surface area contributed by atoms with E-state index in [0.29, 0.717) is 0 Å². The minimum atomic E-state index is -3.83. The molecule has 1 aromatic carbocycles. The van der Waals surface area contributed by atoms with Crippen LogP contribution in [-0.4, -0.2) is 55.5 Å². The molecule has 0 spiro atoms. The van der Waals surface area contributed by atoms with Gasteiger partial charge in [-0.3, -0.25) is 4.72 Å². The fourth-order valence-corrected chi connectivity index (χ4v) is 3.59. The normalized spacial score (nSPS) is 16.6. The number of nitrogens with one attached hydrogen (secondary N) is 1. The molecule has 2 rings (SSSR count). The molecule has 1 aliphatic heterocycles. The van der Waals surface area contributed by atoms with Gasteiger partial charge in [0.1, 0.15) is 11.4 Å². The number of carbonyl (C=O) groups is 1. The number of nitrogens with zero attached hydrogens (tertiary/aromatic N) is 2. The highest BCUT2D eigenvalue weighted by molar-refractivity contribution is 7.90. The lowest BCUT2D eigenvalue weighted by atomic mass is 10.2. The molecule has 0 unspecified atom stereocenters. The van der Waals surface area contributed by atoms with E-state index in [-0.39, 0.29) is 36.9 Å². The number of piperazine rings is 1. The average molecular weight is 394 g/mol. The zero-order valence-electron chi connectivity index (χ0n) is 14.3. The van der Waals surface area contributed by atoms with Crippen molar-refractivity contribution in [1.29, 1.82) is 0 Å². The van der Waals surface area contributed by atoms with Crippen molar-refractivity contribution in [3.8, 4) is 0 Å². The van der Waals surface area contributed by atoms with Gasteiger partial charge in [-0.2, -0.15) is 12.7 Å². The summed E-state index contributed by atoms with van der Waals surface area (Å²) in [6.45, 7) is 6.00. The molecule has 140 valence electrons. The first-order valence-electron chi connectivity index (χ1n) is 7.69.